The second kappa shape index (κ2) is 5.67. The van der Waals surface area contributed by atoms with Crippen molar-refractivity contribution < 1.29 is 9.90 Å². The Morgan fingerprint density at radius 2 is 2.08 bits per heavy atom. The van der Waals surface area contributed by atoms with Crippen molar-refractivity contribution in [3.8, 4) is 6.07 Å². The third kappa shape index (κ3) is 2.31. The number of rotatable bonds is 2. The average molecular weight is 324 g/mol. The summed E-state index contributed by atoms with van der Waals surface area (Å²) in [6.45, 7) is 1.62. The van der Waals surface area contributed by atoms with Crippen molar-refractivity contribution in [2.24, 2.45) is 15.4 Å². The molecule has 1 spiro atoms. The van der Waals surface area contributed by atoms with Gasteiger partial charge in [-0.25, -0.2) is 4.99 Å². The Kier molecular flexibility index (Phi) is 3.61. The van der Waals surface area contributed by atoms with Crippen LogP contribution >= 0.6 is 0 Å². The number of nitriles is 1. The molecule has 3 aliphatic heterocycles. The number of dihydropyridines is 2. The molecular formula is C18H20N4O2. The van der Waals surface area contributed by atoms with Crippen molar-refractivity contribution in [1.29, 1.82) is 5.26 Å². The molecule has 24 heavy (non-hydrogen) atoms. The number of hydrogen-bond donors (Lipinski definition) is 1. The molecule has 3 heterocycles. The lowest BCUT2D eigenvalue weighted by Gasteiger charge is -2.49. The molecule has 0 aromatic rings. The summed E-state index contributed by atoms with van der Waals surface area (Å²) >= 11 is 0. The minimum Gasteiger partial charge on any atom is -0.394 e. The van der Waals surface area contributed by atoms with Crippen molar-refractivity contribution in [1.82, 2.24) is 4.90 Å². The van der Waals surface area contributed by atoms with Gasteiger partial charge in [0, 0.05) is 24.9 Å². The average Bonchev–Trinajstić information content (AvgIpc) is 2.59. The van der Waals surface area contributed by atoms with E-state index in [1.807, 2.05) is 12.1 Å². The Labute approximate surface area is 140 Å². The molecule has 1 aliphatic carbocycles. The summed E-state index contributed by atoms with van der Waals surface area (Å²) in [5.41, 5.74) is 2.57. The predicted octanol–water partition coefficient (Wildman–Crippen LogP) is 1.38. The van der Waals surface area contributed by atoms with E-state index in [1.54, 1.807) is 6.21 Å². The van der Waals surface area contributed by atoms with Gasteiger partial charge in [-0.3, -0.25) is 9.79 Å². The highest BCUT2D eigenvalue weighted by atomic mass is 16.3. The molecular weight excluding hydrogens is 304 g/mol. The minimum atomic E-state index is -0.488. The molecule has 6 heteroatoms. The zero-order valence-corrected chi connectivity index (χ0v) is 13.5. The number of hydrogen-bond acceptors (Lipinski definition) is 5. The van der Waals surface area contributed by atoms with Gasteiger partial charge in [0.15, 0.2) is 0 Å². The number of amides is 1. The van der Waals surface area contributed by atoms with Crippen molar-refractivity contribution >= 4 is 17.8 Å². The molecule has 1 unspecified atom stereocenters. The molecule has 0 aromatic carbocycles. The maximum Gasteiger partial charge on any atom is 0.290 e. The van der Waals surface area contributed by atoms with Crippen LogP contribution in [0.15, 0.2) is 32.9 Å². The molecule has 1 amide bonds. The van der Waals surface area contributed by atoms with E-state index in [1.165, 1.54) is 19.3 Å². The van der Waals surface area contributed by atoms with Gasteiger partial charge in [-0.2, -0.15) is 5.26 Å². The van der Waals surface area contributed by atoms with Gasteiger partial charge < -0.3 is 10.0 Å². The lowest BCUT2D eigenvalue weighted by Crippen LogP contribution is -2.45. The maximum atomic E-state index is 12.2. The number of likely N-dealkylation sites (tertiary alicyclic amines) is 1. The van der Waals surface area contributed by atoms with Crippen LogP contribution in [-0.4, -0.2) is 53.6 Å². The summed E-state index contributed by atoms with van der Waals surface area (Å²) in [6.07, 6.45) is 9.52. The topological polar surface area (TPSA) is 89.1 Å². The molecule has 1 N–H and O–H groups in total. The molecule has 0 radical (unpaired) electrons. The number of carbonyl (C=O) groups excluding carboxylic acids is 1. The maximum absolute atomic E-state index is 12.2. The highest BCUT2D eigenvalue weighted by Crippen LogP contribution is 2.49. The SMILES string of the molecule is N#CC1=C(N2CCC3(CCC3)CC2)C2=CC(CO)N=CC2=NC1=O. The van der Waals surface area contributed by atoms with E-state index in [4.69, 9.17) is 0 Å². The van der Waals surface area contributed by atoms with Gasteiger partial charge in [0.25, 0.3) is 5.91 Å². The molecule has 6 nitrogen and oxygen atoms in total. The third-order valence-corrected chi connectivity index (χ3v) is 5.80. The molecule has 4 rings (SSSR count). The molecule has 4 aliphatic rings. The number of aliphatic hydroxyl groups excluding tert-OH is 1. The first-order valence-corrected chi connectivity index (χ1v) is 8.55. The number of piperidine rings is 1. The van der Waals surface area contributed by atoms with Crippen LogP contribution in [0.4, 0.5) is 0 Å². The van der Waals surface area contributed by atoms with Gasteiger partial charge in [0.1, 0.15) is 11.6 Å². The van der Waals surface area contributed by atoms with Crippen LogP contribution in [0, 0.1) is 16.7 Å². The van der Waals surface area contributed by atoms with Crippen LogP contribution in [0.25, 0.3) is 0 Å². The highest BCUT2D eigenvalue weighted by Gasteiger charge is 2.41. The van der Waals surface area contributed by atoms with E-state index >= 15 is 0 Å². The normalized spacial score (nSPS) is 28.1. The zero-order chi connectivity index (χ0) is 16.7. The molecule has 1 atom stereocenters. The van der Waals surface area contributed by atoms with Crippen LogP contribution < -0.4 is 0 Å². The minimum absolute atomic E-state index is 0.0977. The number of aliphatic imine (C=N–C) groups is 2. The Bertz CT molecular complexity index is 739. The van der Waals surface area contributed by atoms with Gasteiger partial charge in [-0.1, -0.05) is 6.42 Å². The molecule has 124 valence electrons. The quantitative estimate of drug-likeness (QED) is 0.831. The molecule has 1 saturated carbocycles. The zero-order valence-electron chi connectivity index (χ0n) is 13.5. The fourth-order valence-corrected chi connectivity index (χ4v) is 4.16. The van der Waals surface area contributed by atoms with Crippen LogP contribution in [0.2, 0.25) is 0 Å². The first kappa shape index (κ1) is 15.3. The number of fused-ring (bicyclic) bond motifs is 1. The van der Waals surface area contributed by atoms with E-state index in [2.05, 4.69) is 14.9 Å². The van der Waals surface area contributed by atoms with Gasteiger partial charge in [0.05, 0.1) is 24.1 Å². The fourth-order valence-electron chi connectivity index (χ4n) is 4.16. The van der Waals surface area contributed by atoms with E-state index in [-0.39, 0.29) is 18.2 Å². The van der Waals surface area contributed by atoms with Crippen molar-refractivity contribution in [2.45, 2.75) is 38.1 Å². The van der Waals surface area contributed by atoms with Crippen LogP contribution in [0.1, 0.15) is 32.1 Å². The molecule has 1 saturated heterocycles. The van der Waals surface area contributed by atoms with E-state index in [9.17, 15) is 15.2 Å². The van der Waals surface area contributed by atoms with E-state index in [0.29, 0.717) is 16.8 Å². The summed E-state index contributed by atoms with van der Waals surface area (Å²) in [4.78, 5) is 22.6. The monoisotopic (exact) mass is 324 g/mol. The van der Waals surface area contributed by atoms with Crippen molar-refractivity contribution in [3.05, 3.63) is 22.9 Å². The number of aliphatic hydroxyl groups is 1. The summed E-state index contributed by atoms with van der Waals surface area (Å²) in [5.74, 6) is -0.488. The smallest absolute Gasteiger partial charge is 0.290 e. The number of nitrogens with zero attached hydrogens (tertiary/aromatic N) is 4. The summed E-state index contributed by atoms with van der Waals surface area (Å²) in [7, 11) is 0. The van der Waals surface area contributed by atoms with E-state index in [0.717, 1.165) is 31.5 Å². The lowest BCUT2D eigenvalue weighted by molar-refractivity contribution is -0.114. The fraction of sp³-hybridized carbons (Fsp3) is 0.556. The van der Waals surface area contributed by atoms with Crippen LogP contribution in [0.5, 0.6) is 0 Å². The molecule has 2 fully saturated rings. The third-order valence-electron chi connectivity index (χ3n) is 5.80. The largest absolute Gasteiger partial charge is 0.394 e. The Morgan fingerprint density at radius 1 is 1.33 bits per heavy atom. The number of carbonyl (C=O) groups is 1. The highest BCUT2D eigenvalue weighted by molar-refractivity contribution is 6.43. The Morgan fingerprint density at radius 3 is 2.67 bits per heavy atom. The second-order valence-electron chi connectivity index (χ2n) is 7.09. The standard InChI is InChI=1S/C18H20N4O2/c19-9-14-16(22-6-4-18(5-7-22)2-1-3-18)13-8-12(11-23)20-10-15(13)21-17(14)24/h8,10,12,23H,1-7,11H2. The first-order chi connectivity index (χ1) is 11.7. The summed E-state index contributed by atoms with van der Waals surface area (Å²) < 4.78 is 0. The van der Waals surface area contributed by atoms with E-state index < -0.39 is 5.91 Å². The molecule has 0 bridgehead atoms. The van der Waals surface area contributed by atoms with Crippen LogP contribution in [0.3, 0.4) is 0 Å². The second-order valence-corrected chi connectivity index (χ2v) is 7.09. The predicted molar refractivity (Wildman–Crippen MR) is 89.6 cm³/mol. The van der Waals surface area contributed by atoms with Crippen molar-refractivity contribution in [3.63, 3.8) is 0 Å². The van der Waals surface area contributed by atoms with Gasteiger partial charge in [-0.05, 0) is 37.2 Å². The molecule has 0 aromatic heterocycles. The number of allylic oxidation sites excluding steroid dienone is 1. The lowest BCUT2D eigenvalue weighted by atomic mass is 9.63. The Balaban J connectivity index is 1.69. The van der Waals surface area contributed by atoms with Crippen LogP contribution in [-0.2, 0) is 4.79 Å². The summed E-state index contributed by atoms with van der Waals surface area (Å²) in [5, 5.41) is 18.9. The first-order valence-electron chi connectivity index (χ1n) is 8.55. The Hall–Kier alpha value is -2.26. The van der Waals surface area contributed by atoms with Crippen molar-refractivity contribution in [2.75, 3.05) is 19.7 Å². The summed E-state index contributed by atoms with van der Waals surface area (Å²) in [6, 6.07) is 1.71. The van der Waals surface area contributed by atoms with Gasteiger partial charge >= 0.3 is 0 Å². The van der Waals surface area contributed by atoms with Gasteiger partial charge in [0.2, 0.25) is 0 Å². The van der Waals surface area contributed by atoms with Gasteiger partial charge in [-0.15, -0.1) is 0 Å².